The highest BCUT2D eigenvalue weighted by Crippen LogP contribution is 2.29. The first-order valence-corrected chi connectivity index (χ1v) is 10.1. The average Bonchev–Trinajstić information content (AvgIpc) is 3.01. The molecule has 8 nitrogen and oxygen atoms in total. The lowest BCUT2D eigenvalue weighted by molar-refractivity contribution is 0.175. The minimum atomic E-state index is -0.428. The molecule has 2 aliphatic heterocycles. The lowest BCUT2D eigenvalue weighted by atomic mass is 10.1. The summed E-state index contributed by atoms with van der Waals surface area (Å²) in [6.07, 6.45) is 1.28. The molecule has 2 aromatic rings. The van der Waals surface area contributed by atoms with Crippen LogP contribution >= 0.6 is 0 Å². The van der Waals surface area contributed by atoms with Gasteiger partial charge in [-0.3, -0.25) is 9.80 Å². The Morgan fingerprint density at radius 2 is 1.86 bits per heavy atom. The summed E-state index contributed by atoms with van der Waals surface area (Å²) in [5.41, 5.74) is 2.05. The number of anilines is 2. The van der Waals surface area contributed by atoms with Crippen LogP contribution in [0.1, 0.15) is 25.0 Å². The first kappa shape index (κ1) is 19.6. The Morgan fingerprint density at radius 3 is 2.55 bits per heavy atom. The van der Waals surface area contributed by atoms with E-state index in [1.165, 1.54) is 5.56 Å². The molecule has 0 spiro atoms. The summed E-state index contributed by atoms with van der Waals surface area (Å²) in [6.45, 7) is 10.2. The van der Waals surface area contributed by atoms with Gasteiger partial charge in [-0.15, -0.1) is 0 Å². The SMILES string of the molecule is CC1(C)COC(=O)N1c1ccnc(NCc2ccc(CN3CCNCC3)cc2)n1. The maximum atomic E-state index is 12.1. The molecule has 0 radical (unpaired) electrons. The van der Waals surface area contributed by atoms with Gasteiger partial charge in [0.1, 0.15) is 12.4 Å². The summed E-state index contributed by atoms with van der Waals surface area (Å²) >= 11 is 0. The second-order valence-corrected chi connectivity index (χ2v) is 8.14. The Labute approximate surface area is 171 Å². The van der Waals surface area contributed by atoms with E-state index in [2.05, 4.69) is 49.8 Å². The van der Waals surface area contributed by atoms with Crippen molar-refractivity contribution in [3.63, 3.8) is 0 Å². The van der Waals surface area contributed by atoms with Gasteiger partial charge in [-0.25, -0.2) is 9.78 Å². The van der Waals surface area contributed by atoms with Crippen molar-refractivity contribution in [1.29, 1.82) is 0 Å². The minimum Gasteiger partial charge on any atom is -0.447 e. The Balaban J connectivity index is 1.36. The summed E-state index contributed by atoms with van der Waals surface area (Å²) in [6, 6.07) is 10.4. The lowest BCUT2D eigenvalue weighted by Crippen LogP contribution is -2.42. The summed E-state index contributed by atoms with van der Waals surface area (Å²) in [5, 5.41) is 6.63. The molecule has 0 saturated carbocycles. The zero-order valence-corrected chi connectivity index (χ0v) is 17.0. The summed E-state index contributed by atoms with van der Waals surface area (Å²) < 4.78 is 5.17. The van der Waals surface area contributed by atoms with Crippen LogP contribution in [0.5, 0.6) is 0 Å². The van der Waals surface area contributed by atoms with Crippen molar-refractivity contribution in [1.82, 2.24) is 20.2 Å². The molecule has 3 heterocycles. The van der Waals surface area contributed by atoms with E-state index >= 15 is 0 Å². The molecule has 1 aromatic heterocycles. The molecule has 29 heavy (non-hydrogen) atoms. The van der Waals surface area contributed by atoms with Crippen molar-refractivity contribution in [2.24, 2.45) is 0 Å². The largest absolute Gasteiger partial charge is 0.447 e. The molecule has 8 heteroatoms. The molecule has 2 saturated heterocycles. The van der Waals surface area contributed by atoms with E-state index in [4.69, 9.17) is 4.74 Å². The van der Waals surface area contributed by atoms with Gasteiger partial charge in [0, 0.05) is 45.5 Å². The molecule has 0 aliphatic carbocycles. The predicted octanol–water partition coefficient (Wildman–Crippen LogP) is 2.23. The van der Waals surface area contributed by atoms with Crippen molar-refractivity contribution in [2.75, 3.05) is 43.0 Å². The smallest absolute Gasteiger partial charge is 0.416 e. The second-order valence-electron chi connectivity index (χ2n) is 8.14. The van der Waals surface area contributed by atoms with Gasteiger partial charge in [-0.2, -0.15) is 4.98 Å². The number of amides is 1. The van der Waals surface area contributed by atoms with Gasteiger partial charge in [0.25, 0.3) is 0 Å². The number of ether oxygens (including phenoxy) is 1. The molecule has 0 atom stereocenters. The first-order valence-electron chi connectivity index (χ1n) is 10.1. The fraction of sp³-hybridized carbons (Fsp3) is 0.476. The first-order chi connectivity index (χ1) is 14.0. The van der Waals surface area contributed by atoms with Crippen LogP contribution in [-0.2, 0) is 17.8 Å². The molecule has 154 valence electrons. The third-order valence-electron chi connectivity index (χ3n) is 5.30. The third-order valence-corrected chi connectivity index (χ3v) is 5.30. The standard InChI is InChI=1S/C21H28N6O2/c1-21(2)15-29-20(28)27(21)18-7-8-23-19(25-18)24-13-16-3-5-17(6-4-16)14-26-11-9-22-10-12-26/h3-8,22H,9-15H2,1-2H3,(H,23,24,25). The predicted molar refractivity (Wildman–Crippen MR) is 112 cm³/mol. The van der Waals surface area contributed by atoms with Gasteiger partial charge >= 0.3 is 6.09 Å². The number of nitrogens with zero attached hydrogens (tertiary/aromatic N) is 4. The Morgan fingerprint density at radius 1 is 1.14 bits per heavy atom. The fourth-order valence-electron chi connectivity index (χ4n) is 3.65. The topological polar surface area (TPSA) is 82.6 Å². The highest BCUT2D eigenvalue weighted by atomic mass is 16.6. The monoisotopic (exact) mass is 396 g/mol. The number of cyclic esters (lactones) is 1. The molecule has 1 aromatic carbocycles. The average molecular weight is 396 g/mol. The Kier molecular flexibility index (Phi) is 5.64. The van der Waals surface area contributed by atoms with Crippen LogP contribution in [0.2, 0.25) is 0 Å². The number of benzene rings is 1. The quantitative estimate of drug-likeness (QED) is 0.775. The van der Waals surface area contributed by atoms with Crippen LogP contribution in [0.15, 0.2) is 36.5 Å². The summed E-state index contributed by atoms with van der Waals surface area (Å²) in [5.74, 6) is 1.03. The normalized spacial score (nSPS) is 19.2. The third kappa shape index (κ3) is 4.65. The highest BCUT2D eigenvalue weighted by Gasteiger charge is 2.41. The number of rotatable bonds is 6. The Hall–Kier alpha value is -2.71. The molecule has 4 rings (SSSR count). The van der Waals surface area contributed by atoms with Gasteiger partial charge in [-0.05, 0) is 31.0 Å². The van der Waals surface area contributed by atoms with Gasteiger partial charge in [0.15, 0.2) is 0 Å². The number of aromatic nitrogens is 2. The summed E-state index contributed by atoms with van der Waals surface area (Å²) in [4.78, 5) is 24.9. The van der Waals surface area contributed by atoms with E-state index in [0.29, 0.717) is 24.9 Å². The van der Waals surface area contributed by atoms with E-state index in [-0.39, 0.29) is 6.09 Å². The van der Waals surface area contributed by atoms with E-state index in [9.17, 15) is 4.79 Å². The lowest BCUT2D eigenvalue weighted by Gasteiger charge is -2.27. The zero-order valence-electron chi connectivity index (χ0n) is 17.0. The van der Waals surface area contributed by atoms with E-state index in [0.717, 1.165) is 38.3 Å². The number of hydrogen-bond donors (Lipinski definition) is 2. The van der Waals surface area contributed by atoms with Crippen LogP contribution in [0, 0.1) is 0 Å². The van der Waals surface area contributed by atoms with E-state index in [1.807, 2.05) is 13.8 Å². The maximum Gasteiger partial charge on any atom is 0.416 e. The maximum absolute atomic E-state index is 12.1. The number of nitrogens with one attached hydrogen (secondary N) is 2. The van der Waals surface area contributed by atoms with Crippen molar-refractivity contribution in [3.8, 4) is 0 Å². The summed E-state index contributed by atoms with van der Waals surface area (Å²) in [7, 11) is 0. The Bertz CT molecular complexity index is 849. The van der Waals surface area contributed by atoms with Crippen molar-refractivity contribution in [2.45, 2.75) is 32.5 Å². The van der Waals surface area contributed by atoms with Gasteiger partial charge in [0.05, 0.1) is 5.54 Å². The molecule has 2 aliphatic rings. The minimum absolute atomic E-state index is 0.346. The van der Waals surface area contributed by atoms with E-state index in [1.54, 1.807) is 17.2 Å². The molecule has 0 unspecified atom stereocenters. The van der Waals surface area contributed by atoms with Crippen LogP contribution in [0.3, 0.4) is 0 Å². The van der Waals surface area contributed by atoms with Crippen LogP contribution in [0.4, 0.5) is 16.6 Å². The van der Waals surface area contributed by atoms with Crippen LogP contribution < -0.4 is 15.5 Å². The second kappa shape index (κ2) is 8.34. The highest BCUT2D eigenvalue weighted by molar-refractivity contribution is 5.90. The van der Waals surface area contributed by atoms with Crippen molar-refractivity contribution < 1.29 is 9.53 Å². The molecule has 1 amide bonds. The number of carbonyl (C=O) groups excluding carboxylic acids is 1. The van der Waals surface area contributed by atoms with Crippen LogP contribution in [-0.4, -0.2) is 59.3 Å². The number of piperazine rings is 1. The van der Waals surface area contributed by atoms with Crippen molar-refractivity contribution >= 4 is 17.9 Å². The molecular weight excluding hydrogens is 368 g/mol. The van der Waals surface area contributed by atoms with Crippen molar-refractivity contribution in [3.05, 3.63) is 47.7 Å². The fourth-order valence-corrected chi connectivity index (χ4v) is 3.65. The molecule has 2 fully saturated rings. The van der Waals surface area contributed by atoms with Gasteiger partial charge in [0.2, 0.25) is 5.95 Å². The van der Waals surface area contributed by atoms with E-state index < -0.39 is 5.54 Å². The molecule has 0 bridgehead atoms. The zero-order chi connectivity index (χ0) is 20.3. The van der Waals surface area contributed by atoms with Crippen LogP contribution in [0.25, 0.3) is 0 Å². The molecule has 2 N–H and O–H groups in total. The van der Waals surface area contributed by atoms with Gasteiger partial charge < -0.3 is 15.4 Å². The van der Waals surface area contributed by atoms with Gasteiger partial charge in [-0.1, -0.05) is 24.3 Å². The molecular formula is C21H28N6O2. The number of carbonyl (C=O) groups is 1. The number of hydrogen-bond acceptors (Lipinski definition) is 7.